The van der Waals surface area contributed by atoms with Crippen LogP contribution >= 0.6 is 0 Å². The van der Waals surface area contributed by atoms with Crippen molar-refractivity contribution in [2.45, 2.75) is 31.9 Å². The van der Waals surface area contributed by atoms with Gasteiger partial charge in [-0.25, -0.2) is 4.79 Å². The SMILES string of the molecule is CCN(CC1CCCO1)C(=O)NC1COCC1C(=O)O. The van der Waals surface area contributed by atoms with E-state index in [1.54, 1.807) is 4.90 Å². The van der Waals surface area contributed by atoms with E-state index in [-0.39, 0.29) is 25.3 Å². The summed E-state index contributed by atoms with van der Waals surface area (Å²) in [4.78, 5) is 24.9. The summed E-state index contributed by atoms with van der Waals surface area (Å²) in [5.74, 6) is -1.60. The maximum atomic E-state index is 12.2. The number of aliphatic carboxylic acids is 1. The number of nitrogens with one attached hydrogen (secondary N) is 1. The second-order valence-corrected chi connectivity index (χ2v) is 5.21. The molecule has 2 aliphatic rings. The molecule has 2 fully saturated rings. The van der Waals surface area contributed by atoms with Gasteiger partial charge in [0.05, 0.1) is 25.4 Å². The molecule has 0 spiro atoms. The van der Waals surface area contributed by atoms with E-state index < -0.39 is 17.9 Å². The van der Waals surface area contributed by atoms with Gasteiger partial charge in [-0.1, -0.05) is 0 Å². The van der Waals surface area contributed by atoms with Gasteiger partial charge < -0.3 is 24.8 Å². The Kier molecular flexibility index (Phi) is 5.19. The standard InChI is InChI=1S/C13H22N2O5/c1-2-15(6-9-4-3-5-20-9)13(18)14-11-8-19-7-10(11)12(16)17/h9-11H,2-8H2,1H3,(H,14,18)(H,16,17). The average Bonchev–Trinajstić information content (AvgIpc) is 3.06. The summed E-state index contributed by atoms with van der Waals surface area (Å²) in [5, 5.41) is 11.8. The van der Waals surface area contributed by atoms with Gasteiger partial charge in [0.1, 0.15) is 5.92 Å². The molecule has 0 radical (unpaired) electrons. The van der Waals surface area contributed by atoms with Gasteiger partial charge in [-0.15, -0.1) is 0 Å². The molecule has 7 nitrogen and oxygen atoms in total. The van der Waals surface area contributed by atoms with Crippen molar-refractivity contribution in [3.63, 3.8) is 0 Å². The average molecular weight is 286 g/mol. The summed E-state index contributed by atoms with van der Waals surface area (Å²) in [7, 11) is 0. The quantitative estimate of drug-likeness (QED) is 0.758. The Morgan fingerprint density at radius 3 is 2.80 bits per heavy atom. The first kappa shape index (κ1) is 15.1. The first-order chi connectivity index (χ1) is 9.61. The fourth-order valence-corrected chi connectivity index (χ4v) is 2.58. The molecule has 2 N–H and O–H groups in total. The zero-order valence-corrected chi connectivity index (χ0v) is 11.7. The third-order valence-corrected chi connectivity index (χ3v) is 3.82. The van der Waals surface area contributed by atoms with Crippen molar-refractivity contribution in [1.82, 2.24) is 10.2 Å². The van der Waals surface area contributed by atoms with E-state index in [1.807, 2.05) is 6.92 Å². The van der Waals surface area contributed by atoms with Crippen LogP contribution < -0.4 is 5.32 Å². The highest BCUT2D eigenvalue weighted by atomic mass is 16.5. The van der Waals surface area contributed by atoms with Crippen LogP contribution in [0.5, 0.6) is 0 Å². The number of urea groups is 1. The molecule has 114 valence electrons. The Hall–Kier alpha value is -1.34. The number of hydrogen-bond acceptors (Lipinski definition) is 4. The largest absolute Gasteiger partial charge is 0.481 e. The minimum absolute atomic E-state index is 0.0933. The molecular formula is C13H22N2O5. The van der Waals surface area contributed by atoms with Crippen LogP contribution in [0.2, 0.25) is 0 Å². The van der Waals surface area contributed by atoms with Crippen molar-refractivity contribution < 1.29 is 24.2 Å². The summed E-state index contributed by atoms with van der Waals surface area (Å²) >= 11 is 0. The van der Waals surface area contributed by atoms with E-state index in [0.717, 1.165) is 19.4 Å². The Bertz CT molecular complexity index is 357. The topological polar surface area (TPSA) is 88.1 Å². The van der Waals surface area contributed by atoms with Crippen molar-refractivity contribution in [3.8, 4) is 0 Å². The summed E-state index contributed by atoms with van der Waals surface area (Å²) in [6.07, 6.45) is 2.09. The molecule has 0 aliphatic carbocycles. The highest BCUT2D eigenvalue weighted by molar-refractivity contribution is 5.77. The zero-order valence-electron chi connectivity index (χ0n) is 11.7. The number of hydrogen-bond donors (Lipinski definition) is 2. The van der Waals surface area contributed by atoms with E-state index in [0.29, 0.717) is 13.1 Å². The summed E-state index contributed by atoms with van der Waals surface area (Å²) < 4.78 is 10.7. The van der Waals surface area contributed by atoms with Crippen molar-refractivity contribution in [2.24, 2.45) is 5.92 Å². The van der Waals surface area contributed by atoms with Gasteiger partial charge in [0.25, 0.3) is 0 Å². The van der Waals surface area contributed by atoms with Crippen LogP contribution in [0.4, 0.5) is 4.79 Å². The number of carbonyl (C=O) groups excluding carboxylic acids is 1. The molecular weight excluding hydrogens is 264 g/mol. The molecule has 2 rings (SSSR count). The number of carbonyl (C=O) groups is 2. The summed E-state index contributed by atoms with van der Waals surface area (Å²) in [6.45, 7) is 4.17. The third-order valence-electron chi connectivity index (χ3n) is 3.82. The molecule has 3 unspecified atom stereocenters. The maximum Gasteiger partial charge on any atom is 0.317 e. The van der Waals surface area contributed by atoms with Crippen LogP contribution in [0.25, 0.3) is 0 Å². The van der Waals surface area contributed by atoms with Crippen LogP contribution in [0, 0.1) is 5.92 Å². The van der Waals surface area contributed by atoms with Crippen LogP contribution in [0.15, 0.2) is 0 Å². The van der Waals surface area contributed by atoms with E-state index in [1.165, 1.54) is 0 Å². The molecule has 0 bridgehead atoms. The number of nitrogens with zero attached hydrogens (tertiary/aromatic N) is 1. The fraction of sp³-hybridized carbons (Fsp3) is 0.846. The van der Waals surface area contributed by atoms with Crippen LogP contribution in [-0.2, 0) is 14.3 Å². The lowest BCUT2D eigenvalue weighted by atomic mass is 10.0. The van der Waals surface area contributed by atoms with Crippen molar-refractivity contribution in [1.29, 1.82) is 0 Å². The van der Waals surface area contributed by atoms with Crippen LogP contribution in [0.1, 0.15) is 19.8 Å². The minimum atomic E-state index is -0.935. The third kappa shape index (κ3) is 3.61. The van der Waals surface area contributed by atoms with Gasteiger partial charge in [-0.05, 0) is 19.8 Å². The van der Waals surface area contributed by atoms with Gasteiger partial charge in [-0.2, -0.15) is 0 Å². The Morgan fingerprint density at radius 2 is 2.20 bits per heavy atom. The molecule has 0 saturated carbocycles. The molecule has 0 aromatic heterocycles. The smallest absolute Gasteiger partial charge is 0.317 e. The monoisotopic (exact) mass is 286 g/mol. The molecule has 2 amide bonds. The lowest BCUT2D eigenvalue weighted by Crippen LogP contribution is -2.50. The molecule has 3 atom stereocenters. The van der Waals surface area contributed by atoms with Gasteiger partial charge in [-0.3, -0.25) is 4.79 Å². The molecule has 7 heteroatoms. The molecule has 20 heavy (non-hydrogen) atoms. The summed E-state index contributed by atoms with van der Waals surface area (Å²) in [5.41, 5.74) is 0. The van der Waals surface area contributed by atoms with Crippen LogP contribution in [0.3, 0.4) is 0 Å². The highest BCUT2D eigenvalue weighted by Gasteiger charge is 2.36. The van der Waals surface area contributed by atoms with Crippen molar-refractivity contribution >= 4 is 12.0 Å². The van der Waals surface area contributed by atoms with Gasteiger partial charge in [0.15, 0.2) is 0 Å². The molecule has 2 heterocycles. The number of carboxylic acids is 1. The number of carboxylic acid groups (broad SMARTS) is 1. The number of rotatable bonds is 5. The lowest BCUT2D eigenvalue weighted by molar-refractivity contribution is -0.142. The van der Waals surface area contributed by atoms with Gasteiger partial charge in [0, 0.05) is 19.7 Å². The zero-order chi connectivity index (χ0) is 14.5. The van der Waals surface area contributed by atoms with E-state index in [9.17, 15) is 9.59 Å². The van der Waals surface area contributed by atoms with Crippen molar-refractivity contribution in [2.75, 3.05) is 32.9 Å². The first-order valence-corrected chi connectivity index (χ1v) is 7.09. The number of likely N-dealkylation sites (N-methyl/N-ethyl adjacent to an activating group) is 1. The predicted molar refractivity (Wildman–Crippen MR) is 70.5 cm³/mol. The fourth-order valence-electron chi connectivity index (χ4n) is 2.58. The molecule has 2 saturated heterocycles. The second-order valence-electron chi connectivity index (χ2n) is 5.21. The highest BCUT2D eigenvalue weighted by Crippen LogP contribution is 2.16. The molecule has 2 aliphatic heterocycles. The minimum Gasteiger partial charge on any atom is -0.481 e. The molecule has 0 aromatic carbocycles. The number of ether oxygens (including phenoxy) is 2. The summed E-state index contributed by atoms with van der Waals surface area (Å²) in [6, 6.07) is -0.705. The second kappa shape index (κ2) is 6.90. The van der Waals surface area contributed by atoms with Crippen molar-refractivity contribution in [3.05, 3.63) is 0 Å². The van der Waals surface area contributed by atoms with Crippen LogP contribution in [-0.4, -0.2) is 67.1 Å². The number of amides is 2. The van der Waals surface area contributed by atoms with E-state index in [4.69, 9.17) is 14.6 Å². The maximum absolute atomic E-state index is 12.2. The molecule has 0 aromatic rings. The van der Waals surface area contributed by atoms with Gasteiger partial charge >= 0.3 is 12.0 Å². The Labute approximate surface area is 118 Å². The normalized spacial score (nSPS) is 29.4. The first-order valence-electron chi connectivity index (χ1n) is 7.09. The Morgan fingerprint density at radius 1 is 1.40 bits per heavy atom. The lowest BCUT2D eigenvalue weighted by Gasteiger charge is -2.26. The predicted octanol–water partition coefficient (Wildman–Crippen LogP) is 0.297. The van der Waals surface area contributed by atoms with Gasteiger partial charge in [0.2, 0.25) is 0 Å². The Balaban J connectivity index is 1.86. The van der Waals surface area contributed by atoms with E-state index in [2.05, 4.69) is 5.32 Å². The van der Waals surface area contributed by atoms with E-state index >= 15 is 0 Å².